The van der Waals surface area contributed by atoms with E-state index in [1.165, 1.54) is 17.2 Å². The number of nitrogens with two attached hydrogens (primary N) is 2. The number of likely N-dealkylation sites (tertiary alicyclic amines) is 1. The molecule has 6 rings (SSSR count). The minimum absolute atomic E-state index is 0.0384. The maximum Gasteiger partial charge on any atom is 0.393 e. The zero-order valence-electron chi connectivity index (χ0n) is 27.2. The molecule has 15 heteroatoms. The monoisotopic (exact) mass is 682 g/mol. The molecule has 1 atom stereocenters. The van der Waals surface area contributed by atoms with Gasteiger partial charge in [0.1, 0.15) is 22.4 Å². The fourth-order valence-electron chi connectivity index (χ4n) is 7.00. The average Bonchev–Trinajstić information content (AvgIpc) is 3.59. The number of carbonyl (C=O) groups is 1. The molecular formula is C33H41F3N10OS. The van der Waals surface area contributed by atoms with E-state index in [1.807, 2.05) is 6.07 Å². The van der Waals surface area contributed by atoms with E-state index >= 15 is 0 Å². The second-order valence-corrected chi connectivity index (χ2v) is 14.1. The van der Waals surface area contributed by atoms with E-state index in [1.54, 1.807) is 0 Å². The summed E-state index contributed by atoms with van der Waals surface area (Å²) in [6, 6.07) is 10.5. The number of carbonyl (C=O) groups excluding carboxylic acids is 1. The Morgan fingerprint density at radius 1 is 1.10 bits per heavy atom. The molecule has 0 radical (unpaired) electrons. The van der Waals surface area contributed by atoms with E-state index in [-0.39, 0.29) is 35.4 Å². The van der Waals surface area contributed by atoms with Crippen LogP contribution in [0.15, 0.2) is 24.3 Å². The maximum atomic E-state index is 13.0. The quantitative estimate of drug-likeness (QED) is 0.225. The molecule has 2 aliphatic heterocycles. The molecule has 48 heavy (non-hydrogen) atoms. The van der Waals surface area contributed by atoms with Gasteiger partial charge in [-0.05, 0) is 56.0 Å². The van der Waals surface area contributed by atoms with Crippen molar-refractivity contribution in [2.75, 3.05) is 56.9 Å². The standard InChI is InChI=1S/C33H41F3N10OS/c1-20(45-11-9-44(10-12-45)19-29(38)47)17-46-24(16-37)13-26-21(2)22(3-4-28(26)46)18-43-7-5-23(6-8-43)40-30-27-14-25(15-33(34,35)36)48-31(27)42-32(39)41-30/h3-4,13-14,20,23H,5-12,15,17-19H2,1-2H3,(H2,38,47)(H3,39,40,41,42)/t20-/m0/s1. The van der Waals surface area contributed by atoms with Crippen molar-refractivity contribution >= 4 is 50.1 Å². The number of aryl methyl sites for hydroxylation is 1. The van der Waals surface area contributed by atoms with Gasteiger partial charge < -0.3 is 21.4 Å². The number of thiophene rings is 1. The van der Waals surface area contributed by atoms with Crippen LogP contribution in [-0.2, 0) is 24.3 Å². The number of benzene rings is 1. The number of primary amides is 1. The summed E-state index contributed by atoms with van der Waals surface area (Å²) in [5.41, 5.74) is 15.4. The zero-order valence-corrected chi connectivity index (χ0v) is 28.0. The molecule has 256 valence electrons. The van der Waals surface area contributed by atoms with Gasteiger partial charge in [0.05, 0.1) is 18.4 Å². The van der Waals surface area contributed by atoms with Crippen molar-refractivity contribution in [3.05, 3.63) is 46.0 Å². The van der Waals surface area contributed by atoms with Gasteiger partial charge in [0.25, 0.3) is 0 Å². The molecule has 2 aliphatic rings. The third kappa shape index (κ3) is 7.67. The number of anilines is 2. The fraction of sp³-hybridized carbons (Fsp3) is 0.515. The Kier molecular flexibility index (Phi) is 9.80. The minimum Gasteiger partial charge on any atom is -0.369 e. The van der Waals surface area contributed by atoms with E-state index in [9.17, 15) is 23.2 Å². The topological polar surface area (TPSA) is 145 Å². The van der Waals surface area contributed by atoms with Crippen molar-refractivity contribution in [1.82, 2.24) is 29.2 Å². The summed E-state index contributed by atoms with van der Waals surface area (Å²) in [7, 11) is 0. The number of nitriles is 1. The molecule has 3 aromatic heterocycles. The van der Waals surface area contributed by atoms with Crippen molar-refractivity contribution < 1.29 is 18.0 Å². The van der Waals surface area contributed by atoms with Crippen LogP contribution >= 0.6 is 11.3 Å². The Hall–Kier alpha value is -3.97. The number of alkyl halides is 3. The Balaban J connectivity index is 1.08. The predicted octanol–water partition coefficient (Wildman–Crippen LogP) is 4.08. The first-order valence-electron chi connectivity index (χ1n) is 16.2. The SMILES string of the molecule is Cc1c(CN2CCC(Nc3nc(N)nc4sc(CC(F)(F)F)cc34)CC2)ccc2c1cc(C#N)n2C[C@H](C)N1CCN(CC(N)=O)CC1. The predicted molar refractivity (Wildman–Crippen MR) is 182 cm³/mol. The fourth-order valence-corrected chi connectivity index (χ4v) is 8.06. The number of amides is 1. The van der Waals surface area contributed by atoms with Crippen LogP contribution in [-0.4, -0.2) is 99.2 Å². The number of nitrogen functional groups attached to an aromatic ring is 1. The highest BCUT2D eigenvalue weighted by molar-refractivity contribution is 7.18. The second-order valence-electron chi connectivity index (χ2n) is 13.0. The molecule has 0 unspecified atom stereocenters. The Morgan fingerprint density at radius 2 is 1.83 bits per heavy atom. The van der Waals surface area contributed by atoms with E-state index in [4.69, 9.17) is 11.5 Å². The number of rotatable bonds is 10. The molecular weight excluding hydrogens is 641 g/mol. The molecule has 4 aromatic rings. The number of nitrogens with zero attached hydrogens (tertiary/aromatic N) is 7. The number of hydrogen-bond acceptors (Lipinski definition) is 10. The van der Waals surface area contributed by atoms with Crippen molar-refractivity contribution in [2.45, 2.75) is 64.5 Å². The number of piperazine rings is 1. The van der Waals surface area contributed by atoms with Gasteiger partial charge in [-0.15, -0.1) is 11.3 Å². The molecule has 5 heterocycles. The lowest BCUT2D eigenvalue weighted by Gasteiger charge is -2.37. The first-order chi connectivity index (χ1) is 22.9. The maximum absolute atomic E-state index is 13.0. The molecule has 2 fully saturated rings. The minimum atomic E-state index is -4.30. The lowest BCUT2D eigenvalue weighted by molar-refractivity contribution is -0.126. The van der Waals surface area contributed by atoms with Gasteiger partial charge in [0, 0.05) is 80.2 Å². The Labute approximate surface area is 281 Å². The number of hydrogen-bond donors (Lipinski definition) is 3. The van der Waals surface area contributed by atoms with Crippen LogP contribution in [0.3, 0.4) is 0 Å². The van der Waals surface area contributed by atoms with Crippen LogP contribution < -0.4 is 16.8 Å². The molecule has 5 N–H and O–H groups in total. The summed E-state index contributed by atoms with van der Waals surface area (Å²) < 4.78 is 41.1. The van der Waals surface area contributed by atoms with E-state index < -0.39 is 12.6 Å². The summed E-state index contributed by atoms with van der Waals surface area (Å²) in [6.07, 6.45) is -3.61. The molecule has 1 aromatic carbocycles. The lowest BCUT2D eigenvalue weighted by atomic mass is 10.0. The molecule has 2 saturated heterocycles. The average molecular weight is 683 g/mol. The lowest BCUT2D eigenvalue weighted by Crippen LogP contribution is -2.52. The molecule has 0 aliphatic carbocycles. The number of piperidine rings is 1. The highest BCUT2D eigenvalue weighted by Gasteiger charge is 2.30. The van der Waals surface area contributed by atoms with Crippen LogP contribution in [0.5, 0.6) is 0 Å². The largest absolute Gasteiger partial charge is 0.393 e. The molecule has 1 amide bonds. The van der Waals surface area contributed by atoms with E-state index in [0.717, 1.165) is 80.9 Å². The van der Waals surface area contributed by atoms with Crippen LogP contribution in [0.2, 0.25) is 0 Å². The molecule has 0 spiro atoms. The Morgan fingerprint density at radius 3 is 2.50 bits per heavy atom. The van der Waals surface area contributed by atoms with Gasteiger partial charge in [-0.1, -0.05) is 6.07 Å². The summed E-state index contributed by atoms with van der Waals surface area (Å²) >= 11 is 0.997. The number of nitrogens with one attached hydrogen (secondary N) is 1. The smallest absolute Gasteiger partial charge is 0.369 e. The summed E-state index contributed by atoms with van der Waals surface area (Å²) in [5, 5.41) is 15.1. The molecule has 11 nitrogen and oxygen atoms in total. The highest BCUT2D eigenvalue weighted by Crippen LogP contribution is 2.34. The third-order valence-electron chi connectivity index (χ3n) is 9.60. The van der Waals surface area contributed by atoms with Crippen LogP contribution in [0.4, 0.5) is 24.9 Å². The summed E-state index contributed by atoms with van der Waals surface area (Å²) in [6.45, 7) is 11.0. The Bertz CT molecular complexity index is 1830. The molecule has 0 saturated carbocycles. The third-order valence-corrected chi connectivity index (χ3v) is 10.6. The van der Waals surface area contributed by atoms with E-state index in [2.05, 4.69) is 66.6 Å². The van der Waals surface area contributed by atoms with Crippen molar-refractivity contribution in [2.24, 2.45) is 5.73 Å². The zero-order chi connectivity index (χ0) is 34.2. The highest BCUT2D eigenvalue weighted by atomic mass is 32.1. The van der Waals surface area contributed by atoms with Gasteiger partial charge >= 0.3 is 6.18 Å². The first-order valence-corrected chi connectivity index (χ1v) is 17.1. The van der Waals surface area contributed by atoms with Gasteiger partial charge in [0.15, 0.2) is 0 Å². The summed E-state index contributed by atoms with van der Waals surface area (Å²) in [5.74, 6) is 0.219. The second kappa shape index (κ2) is 13.9. The van der Waals surface area contributed by atoms with Crippen LogP contribution in [0.25, 0.3) is 21.1 Å². The van der Waals surface area contributed by atoms with Crippen molar-refractivity contribution in [3.63, 3.8) is 0 Å². The number of halogens is 3. The van der Waals surface area contributed by atoms with Gasteiger partial charge in [-0.25, -0.2) is 4.98 Å². The van der Waals surface area contributed by atoms with Crippen LogP contribution in [0.1, 0.15) is 41.5 Å². The van der Waals surface area contributed by atoms with Crippen molar-refractivity contribution in [1.29, 1.82) is 5.26 Å². The van der Waals surface area contributed by atoms with Crippen molar-refractivity contribution in [3.8, 4) is 6.07 Å². The van der Waals surface area contributed by atoms with Gasteiger partial charge in [0.2, 0.25) is 11.9 Å². The van der Waals surface area contributed by atoms with Gasteiger partial charge in [-0.2, -0.15) is 23.4 Å². The van der Waals surface area contributed by atoms with E-state index in [0.29, 0.717) is 28.3 Å². The van der Waals surface area contributed by atoms with Crippen LogP contribution in [0, 0.1) is 18.3 Å². The number of aromatic nitrogens is 3. The molecule has 0 bridgehead atoms. The first kappa shape index (κ1) is 33.9. The normalized spacial score (nSPS) is 18.0. The van der Waals surface area contributed by atoms with Gasteiger partial charge in [-0.3, -0.25) is 19.5 Å². The summed E-state index contributed by atoms with van der Waals surface area (Å²) in [4.78, 5) is 27.3. The number of fused-ring (bicyclic) bond motifs is 2.